The highest BCUT2D eigenvalue weighted by Crippen LogP contribution is 2.42. The molecule has 0 radical (unpaired) electrons. The zero-order valence-electron chi connectivity index (χ0n) is 10.9. The molecule has 0 bridgehead atoms. The Morgan fingerprint density at radius 3 is 2.45 bits per heavy atom. The lowest BCUT2D eigenvalue weighted by Crippen LogP contribution is -1.96. The van der Waals surface area contributed by atoms with Crippen molar-refractivity contribution in [2.75, 3.05) is 14.2 Å². The number of ether oxygens (including phenoxy) is 2. The lowest BCUT2D eigenvalue weighted by atomic mass is 9.99. The summed E-state index contributed by atoms with van der Waals surface area (Å²) in [4.78, 5) is 11.1. The Labute approximate surface area is 124 Å². The van der Waals surface area contributed by atoms with Gasteiger partial charge in [-0.2, -0.15) is 0 Å². The van der Waals surface area contributed by atoms with E-state index in [1.54, 1.807) is 12.1 Å². The van der Waals surface area contributed by atoms with Gasteiger partial charge in [-0.1, -0.05) is 0 Å². The monoisotopic (exact) mass is 338 g/mol. The van der Waals surface area contributed by atoms with Crippen LogP contribution in [-0.4, -0.2) is 20.5 Å². The Morgan fingerprint density at radius 2 is 1.85 bits per heavy atom. The fraction of sp³-hybridized carbons (Fsp3) is 0.133. The van der Waals surface area contributed by atoms with E-state index >= 15 is 0 Å². The maximum absolute atomic E-state index is 13.5. The SMILES string of the molecule is COc1ccc(-c2cc(F)ccc2C=O)c(OC)c1Br. The van der Waals surface area contributed by atoms with Crippen LogP contribution in [0.5, 0.6) is 11.5 Å². The lowest BCUT2D eigenvalue weighted by molar-refractivity contribution is 0.112. The van der Waals surface area contributed by atoms with E-state index in [-0.39, 0.29) is 0 Å². The van der Waals surface area contributed by atoms with Crippen LogP contribution in [0, 0.1) is 5.82 Å². The first-order chi connectivity index (χ1) is 9.62. The molecule has 20 heavy (non-hydrogen) atoms. The molecule has 5 heteroatoms. The van der Waals surface area contributed by atoms with E-state index in [2.05, 4.69) is 15.9 Å². The predicted octanol–water partition coefficient (Wildman–Crippen LogP) is 4.08. The fourth-order valence-electron chi connectivity index (χ4n) is 1.97. The summed E-state index contributed by atoms with van der Waals surface area (Å²) in [5.41, 5.74) is 1.48. The summed E-state index contributed by atoms with van der Waals surface area (Å²) in [6.45, 7) is 0. The highest BCUT2D eigenvalue weighted by molar-refractivity contribution is 9.10. The Hall–Kier alpha value is -1.88. The third kappa shape index (κ3) is 2.54. The molecule has 3 nitrogen and oxygen atoms in total. The third-order valence-corrected chi connectivity index (χ3v) is 3.67. The second-order valence-corrected chi connectivity index (χ2v) is 4.81. The van der Waals surface area contributed by atoms with Gasteiger partial charge in [-0.15, -0.1) is 0 Å². The van der Waals surface area contributed by atoms with Gasteiger partial charge in [0.1, 0.15) is 21.8 Å². The van der Waals surface area contributed by atoms with Crippen molar-refractivity contribution in [2.24, 2.45) is 0 Å². The van der Waals surface area contributed by atoms with Gasteiger partial charge < -0.3 is 9.47 Å². The summed E-state index contributed by atoms with van der Waals surface area (Å²) >= 11 is 3.38. The average molecular weight is 339 g/mol. The lowest BCUT2D eigenvalue weighted by Gasteiger charge is -2.14. The minimum absolute atomic E-state index is 0.391. The van der Waals surface area contributed by atoms with Crippen molar-refractivity contribution in [3.8, 4) is 22.6 Å². The molecule has 0 unspecified atom stereocenters. The normalized spacial score (nSPS) is 10.2. The van der Waals surface area contributed by atoms with Crippen molar-refractivity contribution in [1.29, 1.82) is 0 Å². The summed E-state index contributed by atoms with van der Waals surface area (Å²) in [6.07, 6.45) is 0.687. The number of rotatable bonds is 4. The molecule has 0 saturated heterocycles. The van der Waals surface area contributed by atoms with Crippen LogP contribution in [-0.2, 0) is 0 Å². The van der Waals surface area contributed by atoms with Crippen LogP contribution in [0.1, 0.15) is 10.4 Å². The van der Waals surface area contributed by atoms with Crippen LogP contribution in [0.25, 0.3) is 11.1 Å². The van der Waals surface area contributed by atoms with Gasteiger partial charge in [0.05, 0.1) is 14.2 Å². The molecule has 104 valence electrons. The highest BCUT2D eigenvalue weighted by Gasteiger charge is 2.16. The summed E-state index contributed by atoms with van der Waals surface area (Å²) < 4.78 is 24.6. The molecule has 0 N–H and O–H groups in total. The fourth-order valence-corrected chi connectivity index (χ4v) is 2.64. The maximum atomic E-state index is 13.5. The molecule has 0 aliphatic rings. The molecule has 0 aromatic heterocycles. The summed E-state index contributed by atoms with van der Waals surface area (Å²) in [6, 6.07) is 7.44. The van der Waals surface area contributed by atoms with Crippen LogP contribution in [0.3, 0.4) is 0 Å². The van der Waals surface area contributed by atoms with Crippen molar-refractivity contribution < 1.29 is 18.7 Å². The minimum Gasteiger partial charge on any atom is -0.495 e. The van der Waals surface area contributed by atoms with E-state index in [9.17, 15) is 9.18 Å². The predicted molar refractivity (Wildman–Crippen MR) is 78.0 cm³/mol. The number of aldehydes is 1. The zero-order chi connectivity index (χ0) is 14.7. The first-order valence-electron chi connectivity index (χ1n) is 5.78. The minimum atomic E-state index is -0.417. The van der Waals surface area contributed by atoms with E-state index in [0.717, 1.165) is 0 Å². The molecule has 0 atom stereocenters. The first kappa shape index (κ1) is 14.5. The van der Waals surface area contributed by atoms with Crippen LogP contribution in [0.4, 0.5) is 4.39 Å². The van der Waals surface area contributed by atoms with Crippen molar-refractivity contribution in [2.45, 2.75) is 0 Å². The number of carbonyl (C=O) groups excluding carboxylic acids is 1. The standard InChI is InChI=1S/C15H12BrFO3/c1-19-13-6-5-11(15(20-2)14(13)16)12-7-10(17)4-3-9(12)8-18/h3-8H,1-2H3. The van der Waals surface area contributed by atoms with E-state index < -0.39 is 5.82 Å². The topological polar surface area (TPSA) is 35.5 Å². The van der Waals surface area contributed by atoms with Gasteiger partial charge in [-0.05, 0) is 51.8 Å². The van der Waals surface area contributed by atoms with Gasteiger partial charge >= 0.3 is 0 Å². The molecular formula is C15H12BrFO3. The highest BCUT2D eigenvalue weighted by atomic mass is 79.9. The number of hydrogen-bond acceptors (Lipinski definition) is 3. The van der Waals surface area contributed by atoms with Gasteiger partial charge in [0, 0.05) is 11.1 Å². The maximum Gasteiger partial charge on any atom is 0.150 e. The average Bonchev–Trinajstić information content (AvgIpc) is 2.46. The number of methoxy groups -OCH3 is 2. The number of hydrogen-bond donors (Lipinski definition) is 0. The van der Waals surface area contributed by atoms with E-state index in [4.69, 9.17) is 9.47 Å². The summed E-state index contributed by atoms with van der Waals surface area (Å²) in [5.74, 6) is 0.660. The first-order valence-corrected chi connectivity index (χ1v) is 6.57. The molecule has 0 saturated carbocycles. The second-order valence-electron chi connectivity index (χ2n) is 4.01. The van der Waals surface area contributed by atoms with Crippen molar-refractivity contribution in [3.05, 3.63) is 46.2 Å². The largest absolute Gasteiger partial charge is 0.495 e. The van der Waals surface area contributed by atoms with Crippen molar-refractivity contribution in [1.82, 2.24) is 0 Å². The number of halogens is 2. The molecular weight excluding hydrogens is 327 g/mol. The molecule has 0 spiro atoms. The molecule has 0 aliphatic heterocycles. The van der Waals surface area contributed by atoms with E-state index in [1.165, 1.54) is 32.4 Å². The number of carbonyl (C=O) groups is 1. The second kappa shape index (κ2) is 6.05. The molecule has 0 fully saturated rings. The Balaban J connectivity index is 2.72. The van der Waals surface area contributed by atoms with Gasteiger partial charge in [0.15, 0.2) is 6.29 Å². The summed E-state index contributed by atoms with van der Waals surface area (Å²) in [7, 11) is 3.04. The smallest absolute Gasteiger partial charge is 0.150 e. The van der Waals surface area contributed by atoms with Gasteiger partial charge in [-0.25, -0.2) is 4.39 Å². The molecule has 0 amide bonds. The van der Waals surface area contributed by atoms with Gasteiger partial charge in [0.25, 0.3) is 0 Å². The molecule has 0 heterocycles. The van der Waals surface area contributed by atoms with Crippen molar-refractivity contribution in [3.63, 3.8) is 0 Å². The molecule has 0 aliphatic carbocycles. The van der Waals surface area contributed by atoms with Gasteiger partial charge in [0.2, 0.25) is 0 Å². The third-order valence-electron chi connectivity index (χ3n) is 2.92. The van der Waals surface area contributed by atoms with E-state index in [0.29, 0.717) is 38.9 Å². The van der Waals surface area contributed by atoms with Crippen LogP contribution in [0.15, 0.2) is 34.8 Å². The van der Waals surface area contributed by atoms with Crippen LogP contribution in [0.2, 0.25) is 0 Å². The molecule has 2 rings (SSSR count). The summed E-state index contributed by atoms with van der Waals surface area (Å²) in [5, 5.41) is 0. The van der Waals surface area contributed by atoms with Gasteiger partial charge in [-0.3, -0.25) is 4.79 Å². The van der Waals surface area contributed by atoms with Crippen LogP contribution < -0.4 is 9.47 Å². The Morgan fingerprint density at radius 1 is 1.10 bits per heavy atom. The molecule has 2 aromatic carbocycles. The van der Waals surface area contributed by atoms with E-state index in [1.807, 2.05) is 0 Å². The van der Waals surface area contributed by atoms with Crippen LogP contribution >= 0.6 is 15.9 Å². The zero-order valence-corrected chi connectivity index (χ0v) is 12.5. The number of benzene rings is 2. The Kier molecular flexibility index (Phi) is 4.39. The van der Waals surface area contributed by atoms with Crippen molar-refractivity contribution >= 4 is 22.2 Å². The Bertz CT molecular complexity index is 656. The quantitative estimate of drug-likeness (QED) is 0.788. The molecule has 2 aromatic rings.